The molecule has 1 amide bonds. The van der Waals surface area contributed by atoms with Gasteiger partial charge >= 0.3 is 0 Å². The Kier molecular flexibility index (Phi) is 43.4. The van der Waals surface area contributed by atoms with E-state index in [-0.39, 0.29) is 5.91 Å². The van der Waals surface area contributed by atoms with Crippen molar-refractivity contribution >= 4 is 115 Å². The van der Waals surface area contributed by atoms with E-state index in [1.807, 2.05) is 47.3 Å². The van der Waals surface area contributed by atoms with E-state index < -0.39 is 10.0 Å². The molecule has 10 heterocycles. The van der Waals surface area contributed by atoms with E-state index in [2.05, 4.69) is 368 Å². The summed E-state index contributed by atoms with van der Waals surface area (Å²) >= 11 is 0. The van der Waals surface area contributed by atoms with Crippen LogP contribution in [-0.2, 0) is 19.6 Å². The number of hydrogen-bond acceptors (Lipinski definition) is 23. The van der Waals surface area contributed by atoms with E-state index in [0.717, 1.165) is 222 Å². The summed E-state index contributed by atoms with van der Waals surface area (Å²) in [5, 5.41) is 2.78. The van der Waals surface area contributed by atoms with Crippen LogP contribution >= 0.6 is 0 Å². The van der Waals surface area contributed by atoms with Crippen molar-refractivity contribution in [3.63, 3.8) is 0 Å². The number of amides is 1. The number of rotatable bonds is 12. The third-order valence-corrected chi connectivity index (χ3v) is 26.1. The Bertz CT molecular complexity index is 5700. The summed E-state index contributed by atoms with van der Waals surface area (Å²) in [6, 6.07) is 77.3. The molecule has 25 nitrogen and oxygen atoms in total. The molecule has 1 atom stereocenters. The predicted molar refractivity (Wildman–Crippen MR) is 604 cm³/mol. The lowest BCUT2D eigenvalue weighted by molar-refractivity contribution is -0.117. The fraction of sp³-hybridized carbons (Fsp3) is 0.431. The lowest BCUT2D eigenvalue weighted by Crippen LogP contribution is -2.48. The van der Waals surface area contributed by atoms with Gasteiger partial charge in [-0.25, -0.2) is 13.4 Å². The van der Waals surface area contributed by atoms with Gasteiger partial charge in [0.05, 0.1) is 19.7 Å². The van der Waals surface area contributed by atoms with Crippen LogP contribution in [0.15, 0.2) is 276 Å². The van der Waals surface area contributed by atoms with Crippen molar-refractivity contribution in [1.82, 2.24) is 14.9 Å². The number of likely N-dealkylation sites (tertiary alicyclic amines) is 1. The number of nitrogens with two attached hydrogens (primary N) is 1. The monoisotopic (exact) mass is 1940 g/mol. The number of guanidine groups is 4. The Morgan fingerprint density at radius 1 is 0.394 bits per heavy atom. The van der Waals surface area contributed by atoms with Crippen LogP contribution in [0.4, 0.5) is 45.5 Å². The summed E-state index contributed by atoms with van der Waals surface area (Å²) in [7, 11) is -1.62. The Labute approximate surface area is 848 Å². The van der Waals surface area contributed by atoms with Gasteiger partial charge in [-0.15, -0.1) is 0 Å². The van der Waals surface area contributed by atoms with E-state index in [1.165, 1.54) is 128 Å². The largest absolute Gasteiger partial charge is 0.468 e. The van der Waals surface area contributed by atoms with Gasteiger partial charge in [0.15, 0.2) is 5.96 Å². The number of piperidine rings is 1. The molecule has 0 aromatic heterocycles. The van der Waals surface area contributed by atoms with Crippen LogP contribution in [0.25, 0.3) is 0 Å². The molecule has 0 saturated carbocycles. The van der Waals surface area contributed by atoms with Crippen molar-refractivity contribution in [2.24, 2.45) is 56.6 Å². The molecule has 10 aliphatic rings. The van der Waals surface area contributed by atoms with E-state index >= 15 is 0 Å². The molecule has 10 aliphatic heterocycles. The second-order valence-corrected chi connectivity index (χ2v) is 39.6. The zero-order valence-electron chi connectivity index (χ0n) is 87.5. The smallest absolute Gasteiger partial charge is 0.291 e. The van der Waals surface area contributed by atoms with Crippen molar-refractivity contribution < 1.29 is 17.9 Å². The van der Waals surface area contributed by atoms with Gasteiger partial charge in [0, 0.05) is 193 Å². The molecule has 1 saturated heterocycles. The Balaban J connectivity index is 0.000000153. The highest BCUT2D eigenvalue weighted by Crippen LogP contribution is 2.32. The normalized spacial score (nSPS) is 17.3. The number of aryl methyl sites for hydroxylation is 9. The zero-order chi connectivity index (χ0) is 101. The molecule has 26 heteroatoms. The first-order valence-corrected chi connectivity index (χ1v) is 53.1. The van der Waals surface area contributed by atoms with Gasteiger partial charge in [-0.2, -0.15) is 0 Å². The first kappa shape index (κ1) is 109. The second kappa shape index (κ2) is 56.4. The number of aliphatic imine (C=N–C) groups is 9. The Hall–Kier alpha value is -13.2. The van der Waals surface area contributed by atoms with Crippen LogP contribution in [0.3, 0.4) is 0 Å². The molecular weight excluding hydrogens is 1780 g/mol. The van der Waals surface area contributed by atoms with Gasteiger partial charge in [-0.1, -0.05) is 199 Å². The molecular formula is C116H157N21O4S. The Morgan fingerprint density at radius 2 is 0.754 bits per heavy atom. The van der Waals surface area contributed by atoms with Gasteiger partial charge in [0.1, 0.15) is 11.7 Å². The standard InChI is InChI=1S/C17H23N3.C14H20N2.C14H19N.C13H17N3O.C12H17N3O2S.C12H16N2O.C12H16N2.C11H15N3.C11H14N2/c1-14-7-9-16(10-8-14)20-13-5-11-18-17(20)19-12-4-3-6-15(19)2;1-11(2)14-15-9-4-10-16(14)13-7-5-12(3)6-8-13;1-3-14-13(5-4-10-15-14)12-8-6-11(2)7-9-12;1-10-4-6-12(7-5-10)16-9-3-8-14-13(16)15-11(2)17;1-10-4-6-11(7-5-10)15-9-3-8-13-12(15)14-18(2,16)17;1-10-4-6-11(7-5-10)14-9-3-8-13-12(14)15-2;1-10-4-6-12(7-5-10)14-9-3-8-13-11(14)2;1-9-3-5-10(6-4-9)14-8-2-7-13-11(14)12;1-10-3-5-11(6-4-10)13-8-2-7-12-9-13/h7-10H,2-6,11-13H2,1H3;5-8,11H,4,9-10H2,1-3H3;6-9,13H,3-5,10H2,1-2H3;4-7H,3,8-9H2,1-2H3,(H,14,15,17);4-7H,3,8-9H2,1-2H3,(H,13,14);4-7H,3,8-9H2,1-2H3;4-7H,3,8-9H2,1-2H3;3-6H,2,7-8H2,1H3,(H2,12,13);3-6,9H,2,7-8H2,1H3. The lowest BCUT2D eigenvalue weighted by Gasteiger charge is -2.39. The number of sulfonamides is 1. The Morgan fingerprint density at radius 3 is 1.20 bits per heavy atom. The maximum Gasteiger partial charge on any atom is 0.291 e. The van der Waals surface area contributed by atoms with Gasteiger partial charge in [-0.05, 0) is 262 Å². The molecule has 9 aromatic rings. The number of benzene rings is 9. The van der Waals surface area contributed by atoms with E-state index in [4.69, 9.17) is 15.5 Å². The van der Waals surface area contributed by atoms with Crippen LogP contribution in [0.2, 0.25) is 0 Å². The van der Waals surface area contributed by atoms with Crippen molar-refractivity contribution in [3.8, 4) is 0 Å². The highest BCUT2D eigenvalue weighted by molar-refractivity contribution is 7.89. The third kappa shape index (κ3) is 34.6. The van der Waals surface area contributed by atoms with E-state index in [9.17, 15) is 13.2 Å². The number of nitrogens with zero attached hydrogens (tertiary/aromatic N) is 18. The predicted octanol–water partition coefficient (Wildman–Crippen LogP) is 21.9. The number of carbonyl (C=O) groups is 1. The topological polar surface area (TPSA) is 251 Å². The van der Waals surface area contributed by atoms with Crippen molar-refractivity contribution in [2.45, 2.75) is 193 Å². The van der Waals surface area contributed by atoms with Gasteiger partial charge in [0.2, 0.25) is 33.8 Å². The molecule has 0 radical (unpaired) electrons. The third-order valence-electron chi connectivity index (χ3n) is 25.5. The molecule has 1 unspecified atom stereocenters. The number of hydrogen-bond donors (Lipinski definition) is 3. The van der Waals surface area contributed by atoms with E-state index in [0.29, 0.717) is 36.3 Å². The average molecular weight is 1940 g/mol. The lowest BCUT2D eigenvalue weighted by atomic mass is 9.86. The highest BCUT2D eigenvalue weighted by Gasteiger charge is 2.29. The minimum Gasteiger partial charge on any atom is -0.468 e. The molecule has 0 bridgehead atoms. The summed E-state index contributed by atoms with van der Waals surface area (Å²) in [6.45, 7) is 50.4. The molecule has 0 aliphatic carbocycles. The summed E-state index contributed by atoms with van der Waals surface area (Å²) in [5.74, 6) is 6.19. The number of nitrogens with one attached hydrogen (secondary N) is 2. The molecule has 1 fully saturated rings. The summed E-state index contributed by atoms with van der Waals surface area (Å²) in [4.78, 5) is 70.7. The number of allylic oxidation sites excluding steroid dienone is 1. The van der Waals surface area contributed by atoms with Crippen molar-refractivity contribution in [3.05, 3.63) is 286 Å². The van der Waals surface area contributed by atoms with Crippen molar-refractivity contribution in [1.29, 1.82) is 0 Å². The van der Waals surface area contributed by atoms with Crippen LogP contribution in [0.1, 0.15) is 186 Å². The van der Waals surface area contributed by atoms with Crippen LogP contribution in [0, 0.1) is 68.2 Å². The number of methoxy groups -OCH3 is 1. The van der Waals surface area contributed by atoms with Gasteiger partial charge < -0.3 is 49.7 Å². The maximum atomic E-state index is 11.3. The quantitative estimate of drug-likeness (QED) is 0.103. The second-order valence-electron chi connectivity index (χ2n) is 37.9. The average Bonchev–Trinajstić information content (AvgIpc) is 0.802. The van der Waals surface area contributed by atoms with Crippen molar-refractivity contribution in [2.75, 3.05) is 170 Å². The molecule has 0 spiro atoms. The molecule has 756 valence electrons. The first-order chi connectivity index (χ1) is 68.6. The summed E-state index contributed by atoms with van der Waals surface area (Å²) in [6.07, 6.45) is 19.0. The molecule has 9 aromatic carbocycles. The highest BCUT2D eigenvalue weighted by atomic mass is 32.2. The minimum atomic E-state index is -3.30. The fourth-order valence-corrected chi connectivity index (χ4v) is 18.1. The minimum absolute atomic E-state index is 0.0808. The summed E-state index contributed by atoms with van der Waals surface area (Å²) in [5.41, 5.74) is 30.7. The van der Waals surface area contributed by atoms with Gasteiger partial charge in [-0.3, -0.25) is 59.7 Å². The van der Waals surface area contributed by atoms with Crippen LogP contribution in [-0.4, -0.2) is 204 Å². The number of anilines is 8. The SMILES string of the molecule is C=C1CCCCN1C1=NCCCN1c1ccc(C)cc1.CC(=O)NC1=NCCCN1c1ccc(C)cc1.CC1=NCCCN1c1ccc(C)cc1.CCC1=NCCCC1c1ccc(C)cc1.COC1=NCCCN1c1ccc(C)cc1.Cc1ccc(N2C=NCCC2)cc1.Cc1ccc(N2CCCN=C2C(C)C)cc1.Cc1ccc(N2CCCN=C2N)cc1.Cc1ccc(N2CCCN=C2NS(C)(=O)=O)cc1. The molecule has 142 heavy (non-hydrogen) atoms. The fourth-order valence-electron chi connectivity index (χ4n) is 17.6. The first-order valence-electron chi connectivity index (χ1n) is 51.2. The van der Waals surface area contributed by atoms with E-state index in [1.54, 1.807) is 7.11 Å². The zero-order valence-corrected chi connectivity index (χ0v) is 88.3. The van der Waals surface area contributed by atoms with Gasteiger partial charge in [0.25, 0.3) is 6.02 Å². The van der Waals surface area contributed by atoms with Crippen LogP contribution < -0.4 is 55.0 Å². The molecule has 4 N–H and O–H groups in total. The number of carbonyl (C=O) groups excluding carboxylic acids is 1. The number of amidine groups is 3. The summed E-state index contributed by atoms with van der Waals surface area (Å²) < 4.78 is 30.4. The van der Waals surface area contributed by atoms with Crippen LogP contribution in [0.5, 0.6) is 0 Å². The molecule has 19 rings (SSSR count). The number of ether oxygens (including phenoxy) is 1. The maximum absolute atomic E-state index is 11.3.